The molecule has 1 aliphatic rings. The summed E-state index contributed by atoms with van der Waals surface area (Å²) in [5, 5.41) is 9.70. The molecular weight excluding hydrogens is 258 g/mol. The summed E-state index contributed by atoms with van der Waals surface area (Å²) in [6, 6.07) is 4.52. The van der Waals surface area contributed by atoms with Crippen LogP contribution in [-0.4, -0.2) is 22.7 Å². The Labute approximate surface area is 117 Å². The Balaban J connectivity index is 1.65. The summed E-state index contributed by atoms with van der Waals surface area (Å²) in [6.07, 6.45) is 4.66. The average molecular weight is 277 g/mol. The third kappa shape index (κ3) is 3.22. The molecule has 0 bridgehead atoms. The zero-order valence-electron chi connectivity index (χ0n) is 11.1. The van der Waals surface area contributed by atoms with E-state index in [-0.39, 0.29) is 0 Å². The maximum atomic E-state index is 5.38. The van der Waals surface area contributed by atoms with Gasteiger partial charge in [-0.3, -0.25) is 0 Å². The zero-order chi connectivity index (χ0) is 13.1. The molecule has 1 saturated carbocycles. The van der Waals surface area contributed by atoms with Crippen molar-refractivity contribution in [2.24, 2.45) is 5.92 Å². The van der Waals surface area contributed by atoms with Gasteiger partial charge < -0.3 is 9.84 Å². The highest BCUT2D eigenvalue weighted by Gasteiger charge is 2.32. The second kappa shape index (κ2) is 5.84. The zero-order valence-corrected chi connectivity index (χ0v) is 11.9. The number of hydrogen-bond acceptors (Lipinski definition) is 5. The maximum Gasteiger partial charge on any atom is 0.228 e. The number of nitrogens with one attached hydrogen (secondary N) is 1. The summed E-state index contributed by atoms with van der Waals surface area (Å²) in [4.78, 5) is 5.57. The van der Waals surface area contributed by atoms with Crippen LogP contribution in [0.5, 0.6) is 0 Å². The van der Waals surface area contributed by atoms with Gasteiger partial charge in [-0.05, 0) is 43.2 Å². The molecule has 5 heteroatoms. The summed E-state index contributed by atoms with van der Waals surface area (Å²) in [5.74, 6) is 2.27. The predicted octanol–water partition coefficient (Wildman–Crippen LogP) is 3.12. The molecule has 0 radical (unpaired) electrons. The van der Waals surface area contributed by atoms with Crippen LogP contribution in [0.1, 0.15) is 32.1 Å². The van der Waals surface area contributed by atoms with E-state index in [9.17, 15) is 0 Å². The maximum absolute atomic E-state index is 5.38. The Morgan fingerprint density at radius 2 is 2.42 bits per heavy atom. The van der Waals surface area contributed by atoms with Crippen molar-refractivity contribution in [3.05, 3.63) is 23.4 Å². The average Bonchev–Trinajstić information content (AvgIpc) is 2.93. The van der Waals surface area contributed by atoms with Crippen molar-refractivity contribution in [2.75, 3.05) is 6.54 Å². The van der Waals surface area contributed by atoms with E-state index in [1.165, 1.54) is 12.8 Å². The van der Waals surface area contributed by atoms with Gasteiger partial charge in [-0.1, -0.05) is 18.1 Å². The highest BCUT2D eigenvalue weighted by Crippen LogP contribution is 2.34. The van der Waals surface area contributed by atoms with Crippen LogP contribution in [0.15, 0.2) is 22.0 Å². The van der Waals surface area contributed by atoms with Crippen LogP contribution in [0.2, 0.25) is 0 Å². The van der Waals surface area contributed by atoms with Crippen LogP contribution in [0.3, 0.4) is 0 Å². The first-order valence-corrected chi connectivity index (χ1v) is 7.84. The van der Waals surface area contributed by atoms with Crippen molar-refractivity contribution >= 4 is 11.3 Å². The standard InChI is InChI=1S/C14H19N3OS/c1-2-7-15-11(10-5-6-10)9-13-16-14(17-18-13)12-4-3-8-19-12/h3-4,8,10-11,15H,2,5-7,9H2,1H3. The smallest absolute Gasteiger partial charge is 0.228 e. The summed E-state index contributed by atoms with van der Waals surface area (Å²) in [6.45, 7) is 3.26. The van der Waals surface area contributed by atoms with Crippen molar-refractivity contribution < 1.29 is 4.52 Å². The lowest BCUT2D eigenvalue weighted by Crippen LogP contribution is -2.33. The van der Waals surface area contributed by atoms with Crippen LogP contribution >= 0.6 is 11.3 Å². The van der Waals surface area contributed by atoms with Crippen LogP contribution < -0.4 is 5.32 Å². The van der Waals surface area contributed by atoms with Crippen molar-refractivity contribution in [3.8, 4) is 10.7 Å². The molecule has 1 aliphatic carbocycles. The molecule has 0 saturated heterocycles. The van der Waals surface area contributed by atoms with E-state index >= 15 is 0 Å². The molecule has 0 aliphatic heterocycles. The fourth-order valence-electron chi connectivity index (χ4n) is 2.27. The van der Waals surface area contributed by atoms with Crippen molar-refractivity contribution in [2.45, 2.75) is 38.6 Å². The van der Waals surface area contributed by atoms with Gasteiger partial charge >= 0.3 is 0 Å². The summed E-state index contributed by atoms with van der Waals surface area (Å²) in [5.41, 5.74) is 0. The fraction of sp³-hybridized carbons (Fsp3) is 0.571. The SMILES string of the molecule is CCCNC(Cc1nc(-c2cccs2)no1)C1CC1. The molecule has 1 atom stereocenters. The van der Waals surface area contributed by atoms with Gasteiger partial charge in [0.2, 0.25) is 11.7 Å². The lowest BCUT2D eigenvalue weighted by Gasteiger charge is -2.15. The van der Waals surface area contributed by atoms with Crippen LogP contribution in [0, 0.1) is 5.92 Å². The molecule has 2 heterocycles. The van der Waals surface area contributed by atoms with Crippen molar-refractivity contribution in [1.29, 1.82) is 0 Å². The van der Waals surface area contributed by atoms with Gasteiger partial charge in [0.25, 0.3) is 0 Å². The van der Waals surface area contributed by atoms with E-state index in [1.54, 1.807) is 11.3 Å². The Morgan fingerprint density at radius 1 is 1.53 bits per heavy atom. The Bertz CT molecular complexity index is 505. The molecule has 2 aromatic rings. The van der Waals surface area contributed by atoms with E-state index < -0.39 is 0 Å². The molecular formula is C14H19N3OS. The fourth-order valence-corrected chi connectivity index (χ4v) is 2.91. The Kier molecular flexibility index (Phi) is 3.94. The molecule has 1 unspecified atom stereocenters. The Hall–Kier alpha value is -1.20. The number of rotatable bonds is 7. The highest BCUT2D eigenvalue weighted by atomic mass is 32.1. The molecule has 0 amide bonds. The molecule has 102 valence electrons. The minimum atomic E-state index is 0.497. The number of nitrogens with zero attached hydrogens (tertiary/aromatic N) is 2. The molecule has 2 aromatic heterocycles. The van der Waals surface area contributed by atoms with E-state index in [4.69, 9.17) is 4.52 Å². The first-order chi connectivity index (χ1) is 9.36. The number of aromatic nitrogens is 2. The van der Waals surface area contributed by atoms with Gasteiger partial charge in [-0.15, -0.1) is 11.3 Å². The molecule has 1 N–H and O–H groups in total. The minimum Gasteiger partial charge on any atom is -0.339 e. The molecule has 0 aromatic carbocycles. The second-order valence-corrected chi connectivity index (χ2v) is 6.04. The molecule has 1 fully saturated rings. The van der Waals surface area contributed by atoms with Crippen molar-refractivity contribution in [3.63, 3.8) is 0 Å². The van der Waals surface area contributed by atoms with Crippen LogP contribution in [0.25, 0.3) is 10.7 Å². The summed E-state index contributed by atoms with van der Waals surface area (Å²) in [7, 11) is 0. The van der Waals surface area contributed by atoms with Gasteiger partial charge in [0.15, 0.2) is 0 Å². The van der Waals surface area contributed by atoms with Gasteiger partial charge in [0.1, 0.15) is 0 Å². The normalized spacial score (nSPS) is 16.7. The van der Waals surface area contributed by atoms with Crippen molar-refractivity contribution in [1.82, 2.24) is 15.5 Å². The van der Waals surface area contributed by atoms with Gasteiger partial charge in [-0.2, -0.15) is 4.98 Å². The van der Waals surface area contributed by atoms with E-state index in [0.29, 0.717) is 6.04 Å². The molecule has 19 heavy (non-hydrogen) atoms. The van der Waals surface area contributed by atoms with E-state index in [1.807, 2.05) is 17.5 Å². The topological polar surface area (TPSA) is 51.0 Å². The monoisotopic (exact) mass is 277 g/mol. The largest absolute Gasteiger partial charge is 0.339 e. The highest BCUT2D eigenvalue weighted by molar-refractivity contribution is 7.13. The van der Waals surface area contributed by atoms with Crippen LogP contribution in [-0.2, 0) is 6.42 Å². The number of hydrogen-bond donors (Lipinski definition) is 1. The first kappa shape index (κ1) is 12.8. The van der Waals surface area contributed by atoms with Crippen LogP contribution in [0.4, 0.5) is 0 Å². The lowest BCUT2D eigenvalue weighted by atomic mass is 10.1. The Morgan fingerprint density at radius 3 is 3.11 bits per heavy atom. The third-order valence-electron chi connectivity index (χ3n) is 3.45. The minimum absolute atomic E-state index is 0.497. The third-order valence-corrected chi connectivity index (χ3v) is 4.32. The number of thiophene rings is 1. The molecule has 4 nitrogen and oxygen atoms in total. The summed E-state index contributed by atoms with van der Waals surface area (Å²) < 4.78 is 5.38. The predicted molar refractivity (Wildman–Crippen MR) is 76.1 cm³/mol. The first-order valence-electron chi connectivity index (χ1n) is 6.96. The quantitative estimate of drug-likeness (QED) is 0.845. The molecule has 3 rings (SSSR count). The van der Waals surface area contributed by atoms with E-state index in [2.05, 4.69) is 22.4 Å². The van der Waals surface area contributed by atoms with Gasteiger partial charge in [-0.25, -0.2) is 0 Å². The second-order valence-electron chi connectivity index (χ2n) is 5.09. The lowest BCUT2D eigenvalue weighted by molar-refractivity contribution is 0.346. The van der Waals surface area contributed by atoms with Gasteiger partial charge in [0.05, 0.1) is 4.88 Å². The summed E-state index contributed by atoms with van der Waals surface area (Å²) >= 11 is 1.64. The molecule has 0 spiro atoms. The van der Waals surface area contributed by atoms with Gasteiger partial charge in [0, 0.05) is 12.5 Å². The van der Waals surface area contributed by atoms with E-state index in [0.717, 1.165) is 41.9 Å².